The Morgan fingerprint density at radius 1 is 1.24 bits per heavy atom. The van der Waals surface area contributed by atoms with Gasteiger partial charge in [0.2, 0.25) is 0 Å². The Morgan fingerprint density at radius 3 is 2.28 bits per heavy atom. The van der Waals surface area contributed by atoms with Crippen molar-refractivity contribution < 1.29 is 19.4 Å². The van der Waals surface area contributed by atoms with Gasteiger partial charge in [-0.2, -0.15) is 0 Å². The molecule has 1 amide bonds. The molecule has 0 aliphatic heterocycles. The SMILES string of the molecule is Cc1c(Br)c(=O)n(CCN(C)C(=O)OC(C)(C)C)c(=O)n1CC(=O)O. The fraction of sp³-hybridized carbons (Fsp3) is 0.600. The van der Waals surface area contributed by atoms with Gasteiger partial charge in [0.15, 0.2) is 0 Å². The first kappa shape index (κ1) is 20.9. The molecule has 0 unspecified atom stereocenters. The van der Waals surface area contributed by atoms with E-state index in [0.29, 0.717) is 0 Å². The van der Waals surface area contributed by atoms with E-state index in [1.54, 1.807) is 20.8 Å². The Bertz CT molecular complexity index is 790. The van der Waals surface area contributed by atoms with Crippen molar-refractivity contribution in [3.8, 4) is 0 Å². The van der Waals surface area contributed by atoms with Crippen LogP contribution in [0.3, 0.4) is 0 Å². The van der Waals surface area contributed by atoms with Crippen LogP contribution in [-0.4, -0.2) is 50.4 Å². The fourth-order valence-corrected chi connectivity index (χ4v) is 2.40. The molecule has 0 spiro atoms. The van der Waals surface area contributed by atoms with Gasteiger partial charge in [-0.3, -0.25) is 18.7 Å². The van der Waals surface area contributed by atoms with E-state index in [4.69, 9.17) is 9.84 Å². The molecule has 1 rings (SSSR count). The number of hydrogen-bond donors (Lipinski definition) is 1. The second-order valence-corrected chi connectivity index (χ2v) is 7.31. The van der Waals surface area contributed by atoms with Crippen LogP contribution in [0.4, 0.5) is 4.79 Å². The van der Waals surface area contributed by atoms with Crippen LogP contribution >= 0.6 is 15.9 Å². The van der Waals surface area contributed by atoms with Crippen LogP contribution in [0.25, 0.3) is 0 Å². The first-order valence-electron chi connectivity index (χ1n) is 7.50. The molecule has 0 radical (unpaired) electrons. The molecule has 0 aromatic carbocycles. The monoisotopic (exact) mass is 419 g/mol. The zero-order valence-electron chi connectivity index (χ0n) is 14.8. The molecule has 0 saturated carbocycles. The summed E-state index contributed by atoms with van der Waals surface area (Å²) >= 11 is 3.09. The number of amides is 1. The lowest BCUT2D eigenvalue weighted by molar-refractivity contribution is -0.137. The summed E-state index contributed by atoms with van der Waals surface area (Å²) in [7, 11) is 1.48. The molecular formula is C15H22BrN3O6. The second-order valence-electron chi connectivity index (χ2n) is 6.52. The largest absolute Gasteiger partial charge is 0.480 e. The van der Waals surface area contributed by atoms with Crippen molar-refractivity contribution in [2.24, 2.45) is 0 Å². The molecule has 9 nitrogen and oxygen atoms in total. The summed E-state index contributed by atoms with van der Waals surface area (Å²) in [4.78, 5) is 48.8. The number of carboxylic acids is 1. The van der Waals surface area contributed by atoms with E-state index in [-0.39, 0.29) is 23.3 Å². The summed E-state index contributed by atoms with van der Waals surface area (Å²) in [5.41, 5.74) is -1.76. The highest BCUT2D eigenvalue weighted by molar-refractivity contribution is 9.10. The smallest absolute Gasteiger partial charge is 0.410 e. The summed E-state index contributed by atoms with van der Waals surface area (Å²) in [6.07, 6.45) is -0.586. The number of aromatic nitrogens is 2. The van der Waals surface area contributed by atoms with E-state index in [1.165, 1.54) is 18.9 Å². The zero-order valence-corrected chi connectivity index (χ0v) is 16.4. The molecular weight excluding hydrogens is 398 g/mol. The Labute approximate surface area is 152 Å². The Kier molecular flexibility index (Phi) is 6.58. The van der Waals surface area contributed by atoms with Crippen LogP contribution < -0.4 is 11.2 Å². The number of carbonyl (C=O) groups excluding carboxylic acids is 1. The summed E-state index contributed by atoms with van der Waals surface area (Å²) in [6.45, 7) is 6.05. The lowest BCUT2D eigenvalue weighted by atomic mass is 10.2. The van der Waals surface area contributed by atoms with Crippen molar-refractivity contribution in [2.75, 3.05) is 13.6 Å². The fourth-order valence-electron chi connectivity index (χ4n) is 1.97. The third-order valence-electron chi connectivity index (χ3n) is 3.27. The maximum atomic E-state index is 12.4. The van der Waals surface area contributed by atoms with Gasteiger partial charge in [0.1, 0.15) is 16.6 Å². The number of hydrogen-bond acceptors (Lipinski definition) is 5. The van der Waals surface area contributed by atoms with E-state index < -0.39 is 35.5 Å². The van der Waals surface area contributed by atoms with Gasteiger partial charge in [-0.1, -0.05) is 0 Å². The van der Waals surface area contributed by atoms with Crippen LogP contribution in [0.15, 0.2) is 14.1 Å². The van der Waals surface area contributed by atoms with E-state index >= 15 is 0 Å². The number of aliphatic carboxylic acids is 1. The van der Waals surface area contributed by atoms with E-state index in [1.807, 2.05) is 0 Å². The molecule has 0 aliphatic carbocycles. The second kappa shape index (κ2) is 7.85. The van der Waals surface area contributed by atoms with Crippen LogP contribution in [-0.2, 0) is 22.6 Å². The van der Waals surface area contributed by atoms with Crippen LogP contribution in [0.5, 0.6) is 0 Å². The molecule has 1 aromatic heterocycles. The van der Waals surface area contributed by atoms with Gasteiger partial charge < -0.3 is 14.7 Å². The quantitative estimate of drug-likeness (QED) is 0.762. The lowest BCUT2D eigenvalue weighted by Gasteiger charge is -2.24. The van der Waals surface area contributed by atoms with Crippen molar-refractivity contribution >= 4 is 28.0 Å². The van der Waals surface area contributed by atoms with Crippen molar-refractivity contribution in [3.05, 3.63) is 31.0 Å². The van der Waals surface area contributed by atoms with Crippen molar-refractivity contribution in [2.45, 2.75) is 46.4 Å². The molecule has 10 heteroatoms. The average molecular weight is 420 g/mol. The number of halogens is 1. The first-order valence-corrected chi connectivity index (χ1v) is 8.30. The molecule has 25 heavy (non-hydrogen) atoms. The third kappa shape index (κ3) is 5.45. The highest BCUT2D eigenvalue weighted by atomic mass is 79.9. The predicted octanol–water partition coefficient (Wildman–Crippen LogP) is 1.03. The van der Waals surface area contributed by atoms with Gasteiger partial charge in [0.05, 0.1) is 0 Å². The van der Waals surface area contributed by atoms with Crippen molar-refractivity contribution in [1.82, 2.24) is 14.0 Å². The number of carboxylic acid groups (broad SMARTS) is 1. The minimum Gasteiger partial charge on any atom is -0.480 e. The topological polar surface area (TPSA) is 111 Å². The summed E-state index contributed by atoms with van der Waals surface area (Å²) in [5, 5.41) is 8.93. The van der Waals surface area contributed by atoms with Gasteiger partial charge >= 0.3 is 17.8 Å². The molecule has 0 saturated heterocycles. The standard InChI is InChI=1S/C15H22BrN3O6/c1-9-11(16)12(22)18(13(23)19(9)8-10(20)21)7-6-17(5)14(24)25-15(2,3)4/h6-8H2,1-5H3,(H,20,21). The number of nitrogens with zero attached hydrogens (tertiary/aromatic N) is 3. The Morgan fingerprint density at radius 2 is 1.80 bits per heavy atom. The van der Waals surface area contributed by atoms with Crippen LogP contribution in [0.2, 0.25) is 0 Å². The van der Waals surface area contributed by atoms with Crippen LogP contribution in [0, 0.1) is 6.92 Å². The average Bonchev–Trinajstić information content (AvgIpc) is 2.47. The number of likely N-dealkylation sites (N-methyl/N-ethyl adjacent to an activating group) is 1. The summed E-state index contributed by atoms with van der Waals surface area (Å²) in [5.74, 6) is -1.20. The van der Waals surface area contributed by atoms with Gasteiger partial charge in [-0.15, -0.1) is 0 Å². The molecule has 0 atom stereocenters. The number of ether oxygens (including phenoxy) is 1. The highest BCUT2D eigenvalue weighted by Crippen LogP contribution is 2.10. The van der Waals surface area contributed by atoms with Crippen LogP contribution in [0.1, 0.15) is 26.5 Å². The third-order valence-corrected chi connectivity index (χ3v) is 4.19. The molecule has 1 heterocycles. The van der Waals surface area contributed by atoms with Gasteiger partial charge in [-0.25, -0.2) is 9.59 Å². The summed E-state index contributed by atoms with van der Waals surface area (Å²) < 4.78 is 7.18. The lowest BCUT2D eigenvalue weighted by Crippen LogP contribution is -2.45. The van der Waals surface area contributed by atoms with Gasteiger partial charge in [0, 0.05) is 25.8 Å². The molecule has 0 fully saturated rings. The molecule has 1 aromatic rings. The molecule has 1 N–H and O–H groups in total. The van der Waals surface area contributed by atoms with E-state index in [9.17, 15) is 19.2 Å². The Balaban J connectivity index is 3.09. The number of carbonyl (C=O) groups is 2. The molecule has 0 bridgehead atoms. The zero-order chi connectivity index (χ0) is 19.5. The highest BCUT2D eigenvalue weighted by Gasteiger charge is 2.21. The first-order chi connectivity index (χ1) is 11.3. The van der Waals surface area contributed by atoms with E-state index in [2.05, 4.69) is 15.9 Å². The number of rotatable bonds is 5. The maximum Gasteiger partial charge on any atom is 0.410 e. The molecule has 140 valence electrons. The van der Waals surface area contributed by atoms with Gasteiger partial charge in [-0.05, 0) is 43.6 Å². The van der Waals surface area contributed by atoms with Gasteiger partial charge in [0.25, 0.3) is 5.56 Å². The van der Waals surface area contributed by atoms with Crippen molar-refractivity contribution in [3.63, 3.8) is 0 Å². The predicted molar refractivity (Wildman–Crippen MR) is 93.9 cm³/mol. The minimum absolute atomic E-state index is 0.0482. The van der Waals surface area contributed by atoms with Crippen molar-refractivity contribution in [1.29, 1.82) is 0 Å². The normalized spacial score (nSPS) is 11.3. The Hall–Kier alpha value is -2.10. The van der Waals surface area contributed by atoms with E-state index in [0.717, 1.165) is 9.13 Å². The molecule has 0 aliphatic rings. The summed E-state index contributed by atoms with van der Waals surface area (Å²) in [6, 6.07) is 0. The minimum atomic E-state index is -1.20. The maximum absolute atomic E-state index is 12.4.